The highest BCUT2D eigenvalue weighted by atomic mass is 32.2. The lowest BCUT2D eigenvalue weighted by atomic mass is 10.2. The van der Waals surface area contributed by atoms with Crippen molar-refractivity contribution in [3.63, 3.8) is 0 Å². The Bertz CT molecular complexity index is 519. The van der Waals surface area contributed by atoms with Crippen molar-refractivity contribution >= 4 is 15.7 Å². The van der Waals surface area contributed by atoms with Crippen molar-refractivity contribution in [2.75, 3.05) is 25.5 Å². The molecule has 2 rings (SSSR count). The van der Waals surface area contributed by atoms with E-state index in [9.17, 15) is 8.42 Å². The molecular formula is C13H20N2O3S. The molecule has 0 aromatic heterocycles. The van der Waals surface area contributed by atoms with Gasteiger partial charge in [-0.05, 0) is 49.4 Å². The molecule has 1 aromatic rings. The Balaban J connectivity index is 1.85. The third-order valence-corrected chi connectivity index (χ3v) is 4.41. The summed E-state index contributed by atoms with van der Waals surface area (Å²) in [6.45, 7) is 3.23. The highest BCUT2D eigenvalue weighted by molar-refractivity contribution is 7.89. The van der Waals surface area contributed by atoms with E-state index in [1.807, 2.05) is 6.92 Å². The van der Waals surface area contributed by atoms with E-state index in [1.165, 1.54) is 18.9 Å². The summed E-state index contributed by atoms with van der Waals surface area (Å²) in [5.41, 5.74) is 6.93. The normalized spacial score (nSPS) is 15.6. The molecular weight excluding hydrogens is 264 g/mol. The number of anilines is 1. The molecule has 19 heavy (non-hydrogen) atoms. The molecule has 0 unspecified atom stereocenters. The maximum absolute atomic E-state index is 12.0. The van der Waals surface area contributed by atoms with Crippen LogP contribution in [0.4, 0.5) is 5.69 Å². The Hall–Kier alpha value is -1.11. The van der Waals surface area contributed by atoms with E-state index in [2.05, 4.69) is 4.72 Å². The minimum atomic E-state index is -3.50. The van der Waals surface area contributed by atoms with Crippen molar-refractivity contribution in [2.24, 2.45) is 5.92 Å². The number of nitrogen functional groups attached to an aromatic ring is 1. The highest BCUT2D eigenvalue weighted by Crippen LogP contribution is 2.28. The summed E-state index contributed by atoms with van der Waals surface area (Å²) < 4.78 is 31.9. The number of aryl methyl sites for hydroxylation is 1. The van der Waals surface area contributed by atoms with Crippen LogP contribution < -0.4 is 10.5 Å². The second kappa shape index (κ2) is 5.90. The van der Waals surface area contributed by atoms with Gasteiger partial charge in [-0.25, -0.2) is 13.1 Å². The van der Waals surface area contributed by atoms with Gasteiger partial charge in [-0.1, -0.05) is 0 Å². The van der Waals surface area contributed by atoms with Gasteiger partial charge in [-0.2, -0.15) is 0 Å². The molecule has 0 saturated heterocycles. The van der Waals surface area contributed by atoms with Crippen LogP contribution in [0, 0.1) is 12.8 Å². The van der Waals surface area contributed by atoms with Crippen molar-refractivity contribution in [3.05, 3.63) is 23.8 Å². The minimum Gasteiger partial charge on any atom is -0.399 e. The summed E-state index contributed by atoms with van der Waals surface area (Å²) in [5.74, 6) is 0.688. The first-order valence-corrected chi connectivity index (χ1v) is 7.90. The molecule has 0 radical (unpaired) electrons. The van der Waals surface area contributed by atoms with Gasteiger partial charge in [0.2, 0.25) is 10.0 Å². The maximum Gasteiger partial charge on any atom is 0.240 e. The molecule has 1 aromatic carbocycles. The molecule has 0 bridgehead atoms. The molecule has 3 N–H and O–H groups in total. The predicted molar refractivity (Wildman–Crippen MR) is 74.3 cm³/mol. The first-order valence-electron chi connectivity index (χ1n) is 6.42. The second-order valence-corrected chi connectivity index (χ2v) is 6.76. The van der Waals surface area contributed by atoms with Crippen LogP contribution >= 0.6 is 0 Å². The van der Waals surface area contributed by atoms with Crippen LogP contribution in [0.15, 0.2) is 23.1 Å². The van der Waals surface area contributed by atoms with Gasteiger partial charge in [0.05, 0.1) is 11.5 Å². The molecule has 1 aliphatic carbocycles. The zero-order valence-corrected chi connectivity index (χ0v) is 11.9. The van der Waals surface area contributed by atoms with Crippen molar-refractivity contribution in [1.82, 2.24) is 4.72 Å². The van der Waals surface area contributed by atoms with Crippen LogP contribution in [0.25, 0.3) is 0 Å². The lowest BCUT2D eigenvalue weighted by Gasteiger charge is -2.09. The van der Waals surface area contributed by atoms with E-state index in [0.717, 1.165) is 12.2 Å². The van der Waals surface area contributed by atoms with Gasteiger partial charge >= 0.3 is 0 Å². The summed E-state index contributed by atoms with van der Waals surface area (Å²) in [5, 5.41) is 0. The van der Waals surface area contributed by atoms with Gasteiger partial charge in [0.1, 0.15) is 0 Å². The largest absolute Gasteiger partial charge is 0.399 e. The predicted octanol–water partition coefficient (Wildman–Crippen LogP) is 1.28. The van der Waals surface area contributed by atoms with Gasteiger partial charge < -0.3 is 10.5 Å². The molecule has 0 amide bonds. The van der Waals surface area contributed by atoms with Gasteiger partial charge in [-0.3, -0.25) is 0 Å². The van der Waals surface area contributed by atoms with Gasteiger partial charge in [-0.15, -0.1) is 0 Å². The number of hydrogen-bond donors (Lipinski definition) is 2. The molecule has 6 heteroatoms. The van der Waals surface area contributed by atoms with E-state index in [-0.39, 0.29) is 11.4 Å². The molecule has 0 atom stereocenters. The smallest absolute Gasteiger partial charge is 0.240 e. The van der Waals surface area contributed by atoms with E-state index < -0.39 is 10.0 Å². The fraction of sp³-hybridized carbons (Fsp3) is 0.538. The average molecular weight is 284 g/mol. The van der Waals surface area contributed by atoms with E-state index in [0.29, 0.717) is 18.2 Å². The number of rotatable bonds is 7. The van der Waals surface area contributed by atoms with Crippen molar-refractivity contribution in [2.45, 2.75) is 24.7 Å². The van der Waals surface area contributed by atoms with Crippen molar-refractivity contribution in [3.8, 4) is 0 Å². The van der Waals surface area contributed by atoms with Crippen molar-refractivity contribution in [1.29, 1.82) is 0 Å². The third-order valence-electron chi connectivity index (χ3n) is 2.97. The van der Waals surface area contributed by atoms with E-state index >= 15 is 0 Å². The number of benzene rings is 1. The molecule has 1 aliphatic rings. The van der Waals surface area contributed by atoms with Gasteiger partial charge in [0.15, 0.2) is 0 Å². The summed E-state index contributed by atoms with van der Waals surface area (Å²) in [4.78, 5) is 0.201. The third kappa shape index (κ3) is 4.49. The Kier molecular flexibility index (Phi) is 4.44. The van der Waals surface area contributed by atoms with Crippen LogP contribution in [-0.2, 0) is 14.8 Å². The van der Waals surface area contributed by atoms with Gasteiger partial charge in [0.25, 0.3) is 0 Å². The molecule has 1 fully saturated rings. The average Bonchev–Trinajstić information content (AvgIpc) is 3.11. The zero-order valence-electron chi connectivity index (χ0n) is 11.1. The lowest BCUT2D eigenvalue weighted by Crippen LogP contribution is -2.27. The minimum absolute atomic E-state index is 0.201. The summed E-state index contributed by atoms with van der Waals surface area (Å²) in [7, 11) is -3.50. The standard InChI is InChI=1S/C13H20N2O3S/c1-10-6-12(14)8-13(7-10)19(16,17)15-4-5-18-9-11-2-3-11/h6-8,11,15H,2-5,9,14H2,1H3. The molecule has 0 heterocycles. The summed E-state index contributed by atoms with van der Waals surface area (Å²) in [6, 6.07) is 4.79. The first kappa shape index (κ1) is 14.3. The SMILES string of the molecule is Cc1cc(N)cc(S(=O)(=O)NCCOCC2CC2)c1. The topological polar surface area (TPSA) is 81.4 Å². The number of ether oxygens (including phenoxy) is 1. The summed E-state index contributed by atoms with van der Waals surface area (Å²) >= 11 is 0. The van der Waals surface area contributed by atoms with Crippen molar-refractivity contribution < 1.29 is 13.2 Å². The molecule has 5 nitrogen and oxygen atoms in total. The highest BCUT2D eigenvalue weighted by Gasteiger charge is 2.21. The lowest BCUT2D eigenvalue weighted by molar-refractivity contribution is 0.129. The summed E-state index contributed by atoms with van der Waals surface area (Å²) in [6.07, 6.45) is 2.46. The monoisotopic (exact) mass is 284 g/mol. The fourth-order valence-electron chi connectivity index (χ4n) is 1.80. The number of sulfonamides is 1. The molecule has 0 aliphatic heterocycles. The van der Waals surface area contributed by atoms with E-state index in [1.54, 1.807) is 12.1 Å². The number of hydrogen-bond acceptors (Lipinski definition) is 4. The molecule has 1 saturated carbocycles. The van der Waals surface area contributed by atoms with E-state index in [4.69, 9.17) is 10.5 Å². The Morgan fingerprint density at radius 2 is 2.11 bits per heavy atom. The quantitative estimate of drug-likeness (QED) is 0.584. The Morgan fingerprint density at radius 1 is 1.37 bits per heavy atom. The first-order chi connectivity index (χ1) is 8.97. The Labute approximate surface area is 114 Å². The van der Waals surface area contributed by atoms with Gasteiger partial charge in [0, 0.05) is 18.8 Å². The van der Waals surface area contributed by atoms with Crippen LogP contribution in [-0.4, -0.2) is 28.2 Å². The Morgan fingerprint density at radius 3 is 2.74 bits per heavy atom. The van der Waals surface area contributed by atoms with Crippen LogP contribution in [0.1, 0.15) is 18.4 Å². The van der Waals surface area contributed by atoms with Crippen LogP contribution in [0.5, 0.6) is 0 Å². The van der Waals surface area contributed by atoms with Crippen LogP contribution in [0.3, 0.4) is 0 Å². The van der Waals surface area contributed by atoms with Crippen LogP contribution in [0.2, 0.25) is 0 Å². The molecule has 106 valence electrons. The maximum atomic E-state index is 12.0. The number of nitrogens with two attached hydrogens (primary N) is 1. The second-order valence-electron chi connectivity index (χ2n) is 5.00. The zero-order chi connectivity index (χ0) is 13.9. The molecule has 0 spiro atoms. The fourth-order valence-corrected chi connectivity index (χ4v) is 2.95. The number of nitrogens with one attached hydrogen (secondary N) is 1.